The van der Waals surface area contributed by atoms with Crippen molar-refractivity contribution >= 4 is 23.2 Å². The molecule has 0 bridgehead atoms. The molecule has 2 fully saturated rings. The van der Waals surface area contributed by atoms with Crippen molar-refractivity contribution < 1.29 is 48.0 Å². The van der Waals surface area contributed by atoms with Crippen molar-refractivity contribution in [1.29, 1.82) is 0 Å². The normalized spacial score (nSPS) is 27.2. The van der Waals surface area contributed by atoms with Gasteiger partial charge in [-0.25, -0.2) is 0 Å². The lowest BCUT2D eigenvalue weighted by Crippen LogP contribution is -2.65. The van der Waals surface area contributed by atoms with Gasteiger partial charge in [-0.05, 0) is 93.2 Å². The molecule has 1 amide bonds. The average molecular weight is 656 g/mol. The number of aliphatic hydroxyl groups excluding tert-OH is 2. The Kier molecular flexibility index (Phi) is 8.01. The van der Waals surface area contributed by atoms with Crippen molar-refractivity contribution in [3.63, 3.8) is 0 Å². The first-order valence-corrected chi connectivity index (χ1v) is 15.4. The highest BCUT2D eigenvalue weighted by Crippen LogP contribution is 2.53. The first-order valence-electron chi connectivity index (χ1n) is 15.4. The molecule has 10 nitrogen and oxygen atoms in total. The second-order valence-electron chi connectivity index (χ2n) is 13.2. The molecule has 2 aromatic rings. The third-order valence-electron chi connectivity index (χ3n) is 10.3. The number of aliphatic hydroxyl groups is 3. The number of likely N-dealkylation sites (N-methyl/N-ethyl adjacent to an activating group) is 1. The van der Waals surface area contributed by atoms with Gasteiger partial charge in [-0.15, -0.1) is 0 Å². The molecule has 1 saturated heterocycles. The van der Waals surface area contributed by atoms with E-state index in [4.69, 9.17) is 5.73 Å². The maximum absolute atomic E-state index is 14.1. The molecule has 0 aromatic heterocycles. The van der Waals surface area contributed by atoms with Crippen molar-refractivity contribution in [1.82, 2.24) is 9.80 Å². The Labute approximate surface area is 268 Å². The summed E-state index contributed by atoms with van der Waals surface area (Å²) in [6.07, 6.45) is -4.02. The van der Waals surface area contributed by atoms with Crippen molar-refractivity contribution in [2.45, 2.75) is 50.0 Å². The zero-order valence-electron chi connectivity index (χ0n) is 25.8. The van der Waals surface area contributed by atoms with E-state index in [9.17, 15) is 48.0 Å². The number of primary amides is 1. The zero-order valence-corrected chi connectivity index (χ0v) is 25.8. The van der Waals surface area contributed by atoms with Gasteiger partial charge in [0.25, 0.3) is 5.91 Å². The van der Waals surface area contributed by atoms with E-state index in [0.717, 1.165) is 11.1 Å². The van der Waals surface area contributed by atoms with Gasteiger partial charge in [-0.1, -0.05) is 24.3 Å². The zero-order chi connectivity index (χ0) is 34.2. The number of piperidine rings is 1. The largest absolute Gasteiger partial charge is 0.508 e. The molecular weight excluding hydrogens is 619 g/mol. The Bertz CT molecular complexity index is 1740. The maximum Gasteiger partial charge on any atom is 0.391 e. The minimum atomic E-state index is -4.20. The lowest BCUT2D eigenvalue weighted by atomic mass is 9.57. The molecule has 0 spiro atoms. The molecule has 4 atom stereocenters. The molecule has 6 N–H and O–H groups in total. The summed E-state index contributed by atoms with van der Waals surface area (Å²) in [5.41, 5.74) is 4.30. The van der Waals surface area contributed by atoms with E-state index >= 15 is 0 Å². The number of nitrogens with zero attached hydrogens (tertiary/aromatic N) is 2. The van der Waals surface area contributed by atoms with Gasteiger partial charge in [-0.3, -0.25) is 24.2 Å². The minimum Gasteiger partial charge on any atom is -0.508 e. The van der Waals surface area contributed by atoms with E-state index in [1.807, 2.05) is 29.2 Å². The number of hydrogen-bond acceptors (Lipinski definition) is 9. The van der Waals surface area contributed by atoms with Crippen LogP contribution in [0.2, 0.25) is 0 Å². The summed E-state index contributed by atoms with van der Waals surface area (Å²) in [7, 11) is 3.07. The van der Waals surface area contributed by atoms with Crippen LogP contribution in [0.4, 0.5) is 13.2 Å². The number of nitrogens with two attached hydrogens (primary N) is 1. The monoisotopic (exact) mass is 655 g/mol. The van der Waals surface area contributed by atoms with Crippen LogP contribution in [0.15, 0.2) is 53.3 Å². The fourth-order valence-electron chi connectivity index (χ4n) is 8.03. The first-order chi connectivity index (χ1) is 22.0. The molecule has 6 rings (SSSR count). The highest BCUT2D eigenvalue weighted by atomic mass is 19.4. The van der Waals surface area contributed by atoms with E-state index in [2.05, 4.69) is 0 Å². The second-order valence-corrected chi connectivity index (χ2v) is 13.2. The van der Waals surface area contributed by atoms with Crippen LogP contribution in [0.25, 0.3) is 16.9 Å². The molecule has 2 aromatic carbocycles. The van der Waals surface area contributed by atoms with Crippen LogP contribution >= 0.6 is 0 Å². The molecule has 1 aliphatic heterocycles. The number of halogens is 3. The van der Waals surface area contributed by atoms with E-state index in [-0.39, 0.29) is 42.6 Å². The molecule has 47 heavy (non-hydrogen) atoms. The van der Waals surface area contributed by atoms with Gasteiger partial charge < -0.3 is 26.2 Å². The van der Waals surface area contributed by atoms with Crippen molar-refractivity contribution in [3.8, 4) is 16.9 Å². The third-order valence-corrected chi connectivity index (χ3v) is 10.3. The first kappa shape index (κ1) is 32.7. The predicted octanol–water partition coefficient (Wildman–Crippen LogP) is 3.41. The number of fused-ring (bicyclic) bond motifs is 3. The molecule has 1 heterocycles. The molecule has 0 radical (unpaired) electrons. The molecule has 0 unspecified atom stereocenters. The number of carbonyl (C=O) groups is 3. The van der Waals surface area contributed by atoms with Crippen LogP contribution in [0.3, 0.4) is 0 Å². The Morgan fingerprint density at radius 3 is 2.38 bits per heavy atom. The number of ketones is 2. The van der Waals surface area contributed by atoms with Gasteiger partial charge in [0.15, 0.2) is 11.4 Å². The third kappa shape index (κ3) is 5.20. The number of Topliss-reactive ketones (excluding diaryl/α,β-unsaturated/α-hetero) is 2. The average Bonchev–Trinajstić information content (AvgIpc) is 2.99. The number of phenolic OH excluding ortho intramolecular Hbond substituents is 1. The maximum atomic E-state index is 14.1. The summed E-state index contributed by atoms with van der Waals surface area (Å²) in [5, 5.41) is 45.3. The van der Waals surface area contributed by atoms with Crippen LogP contribution in [-0.4, -0.2) is 92.7 Å². The number of likely N-dealkylation sites (tertiary alicyclic amines) is 1. The van der Waals surface area contributed by atoms with Gasteiger partial charge in [-0.2, -0.15) is 13.2 Å². The molecular formula is C34H36F3N3O7. The van der Waals surface area contributed by atoms with Crippen LogP contribution in [0, 0.1) is 17.8 Å². The lowest BCUT2D eigenvalue weighted by Gasteiger charge is -2.50. The highest BCUT2D eigenvalue weighted by molar-refractivity contribution is 6.24. The Morgan fingerprint density at radius 2 is 1.77 bits per heavy atom. The summed E-state index contributed by atoms with van der Waals surface area (Å²) in [6, 6.07) is 9.30. The van der Waals surface area contributed by atoms with Crippen molar-refractivity contribution in [3.05, 3.63) is 70.0 Å². The predicted molar refractivity (Wildman–Crippen MR) is 164 cm³/mol. The molecule has 4 aliphatic rings. The molecule has 1 saturated carbocycles. The number of rotatable bonds is 5. The summed E-state index contributed by atoms with van der Waals surface area (Å²) in [5.74, 6) is -8.47. The number of alkyl halides is 3. The molecule has 250 valence electrons. The standard InChI is InChI=1S/C34H36F3N3O7/c1-39(2)27-22-14-18-13-21-20(17-5-3-4-16(12-17)15-40-10-8-19(9-11-40)34(35,36)37)6-7-23(41)25(21)28(42)24(18)30(44)33(22,47)31(45)26(29(27)43)32(38)46/h3-7,12,18-19,22,27,41-42,45,47H,8-11,13-15H2,1-2H3,(H2,38,46)/t18-,22-,27-,33-/m0/s1. The summed E-state index contributed by atoms with van der Waals surface area (Å²) >= 11 is 0. The van der Waals surface area contributed by atoms with E-state index in [0.29, 0.717) is 30.8 Å². The highest BCUT2D eigenvalue weighted by Gasteiger charge is 2.64. The minimum absolute atomic E-state index is 0.0154. The number of hydrogen-bond donors (Lipinski definition) is 5. The molecule has 3 aliphatic carbocycles. The summed E-state index contributed by atoms with van der Waals surface area (Å²) in [4.78, 5) is 43.0. The van der Waals surface area contributed by atoms with Gasteiger partial charge in [0.1, 0.15) is 22.8 Å². The van der Waals surface area contributed by atoms with Gasteiger partial charge >= 0.3 is 6.18 Å². The SMILES string of the molecule is CN(C)[C@@H]1C(=O)C(C(N)=O)=C(O)[C@@]2(O)C(=O)C3=C(O)c4c(O)ccc(-c5cccc(CN6CCC(C(F)(F)F)CC6)c5)c4C[C@H]3C[C@@H]12. The Hall–Kier alpha value is -4.20. The lowest BCUT2D eigenvalue weighted by molar-refractivity contribution is -0.185. The van der Waals surface area contributed by atoms with Gasteiger partial charge in [0, 0.05) is 18.0 Å². The van der Waals surface area contributed by atoms with Crippen molar-refractivity contribution in [2.24, 2.45) is 23.5 Å². The van der Waals surface area contributed by atoms with E-state index in [1.165, 1.54) is 25.1 Å². The summed E-state index contributed by atoms with van der Waals surface area (Å²) in [6.45, 7) is 1.07. The number of benzene rings is 2. The second kappa shape index (κ2) is 11.5. The fourth-order valence-corrected chi connectivity index (χ4v) is 8.03. The quantitative estimate of drug-likeness (QED) is 0.304. The van der Waals surface area contributed by atoms with Gasteiger partial charge in [0.05, 0.1) is 17.5 Å². The van der Waals surface area contributed by atoms with E-state index in [1.54, 1.807) is 6.07 Å². The molecule has 13 heteroatoms. The van der Waals surface area contributed by atoms with Crippen LogP contribution < -0.4 is 5.73 Å². The Morgan fingerprint density at radius 1 is 1.09 bits per heavy atom. The van der Waals surface area contributed by atoms with Crippen LogP contribution in [0.5, 0.6) is 5.75 Å². The van der Waals surface area contributed by atoms with Crippen LogP contribution in [-0.2, 0) is 27.3 Å². The smallest absolute Gasteiger partial charge is 0.391 e. The van der Waals surface area contributed by atoms with Crippen molar-refractivity contribution in [2.75, 3.05) is 27.2 Å². The number of aromatic hydroxyl groups is 1. The fraction of sp³-hybridized carbons (Fsp3) is 0.441. The van der Waals surface area contributed by atoms with Crippen LogP contribution in [0.1, 0.15) is 36.0 Å². The number of amides is 1. The number of phenols is 1. The summed E-state index contributed by atoms with van der Waals surface area (Å²) < 4.78 is 39.5. The number of carbonyl (C=O) groups excluding carboxylic acids is 3. The van der Waals surface area contributed by atoms with Gasteiger partial charge in [0.2, 0.25) is 5.78 Å². The van der Waals surface area contributed by atoms with E-state index < -0.39 is 70.1 Å². The Balaban J connectivity index is 1.38. The topological polar surface area (TPSA) is 165 Å².